The number of nitriles is 1. The van der Waals surface area contributed by atoms with Gasteiger partial charge in [0.25, 0.3) is 0 Å². The number of benzene rings is 1. The number of hydrogen-bond donors (Lipinski definition) is 1. The summed E-state index contributed by atoms with van der Waals surface area (Å²) in [6, 6.07) is 20.2. The summed E-state index contributed by atoms with van der Waals surface area (Å²) in [5.74, 6) is 1.11. The molecule has 0 bridgehead atoms. The number of rotatable bonds is 5. The third-order valence-electron chi connectivity index (χ3n) is 3.21. The standard InChI is InChI=1S/C17H14N2OS/c18-11-14-8-9-15(20-14)12-19-17(16-7-4-10-21-16)13-5-2-1-3-6-13/h1-10,17,19H,12H2. The lowest BCUT2D eigenvalue weighted by Crippen LogP contribution is -2.20. The van der Waals surface area contributed by atoms with Gasteiger partial charge in [0.05, 0.1) is 12.6 Å². The highest BCUT2D eigenvalue weighted by atomic mass is 32.1. The van der Waals surface area contributed by atoms with Crippen molar-refractivity contribution in [1.82, 2.24) is 5.32 Å². The molecule has 0 aliphatic heterocycles. The van der Waals surface area contributed by atoms with E-state index in [4.69, 9.17) is 9.68 Å². The van der Waals surface area contributed by atoms with E-state index in [1.54, 1.807) is 17.4 Å². The number of nitrogens with one attached hydrogen (secondary N) is 1. The molecule has 3 aromatic rings. The molecule has 0 aliphatic carbocycles. The Labute approximate surface area is 127 Å². The zero-order valence-corrected chi connectivity index (χ0v) is 12.1. The lowest BCUT2D eigenvalue weighted by Gasteiger charge is -2.17. The Balaban J connectivity index is 1.79. The first-order valence-corrected chi connectivity index (χ1v) is 7.55. The van der Waals surface area contributed by atoms with E-state index < -0.39 is 0 Å². The second kappa shape index (κ2) is 6.40. The first kappa shape index (κ1) is 13.6. The van der Waals surface area contributed by atoms with Crippen LogP contribution in [0.25, 0.3) is 0 Å². The van der Waals surface area contributed by atoms with Crippen LogP contribution >= 0.6 is 11.3 Å². The third kappa shape index (κ3) is 3.22. The second-order valence-electron chi connectivity index (χ2n) is 4.62. The van der Waals surface area contributed by atoms with E-state index in [1.165, 1.54) is 10.4 Å². The van der Waals surface area contributed by atoms with E-state index >= 15 is 0 Å². The van der Waals surface area contributed by atoms with Crippen LogP contribution in [0.3, 0.4) is 0 Å². The molecule has 3 nitrogen and oxygen atoms in total. The minimum atomic E-state index is 0.127. The van der Waals surface area contributed by atoms with Crippen LogP contribution in [0, 0.1) is 11.3 Å². The van der Waals surface area contributed by atoms with Crippen LogP contribution in [0.5, 0.6) is 0 Å². The highest BCUT2D eigenvalue weighted by Gasteiger charge is 2.15. The average molecular weight is 294 g/mol. The summed E-state index contributed by atoms with van der Waals surface area (Å²) in [5.41, 5.74) is 1.21. The fourth-order valence-corrected chi connectivity index (χ4v) is 3.05. The molecule has 1 unspecified atom stereocenters. The average Bonchev–Trinajstić information content (AvgIpc) is 3.20. The molecule has 4 heteroatoms. The van der Waals surface area contributed by atoms with E-state index in [0.717, 1.165) is 5.76 Å². The van der Waals surface area contributed by atoms with E-state index in [9.17, 15) is 0 Å². The van der Waals surface area contributed by atoms with Gasteiger partial charge in [-0.3, -0.25) is 5.32 Å². The molecular weight excluding hydrogens is 280 g/mol. The molecule has 1 N–H and O–H groups in total. The van der Waals surface area contributed by atoms with Crippen molar-refractivity contribution in [2.75, 3.05) is 0 Å². The van der Waals surface area contributed by atoms with Gasteiger partial charge in [-0.2, -0.15) is 5.26 Å². The van der Waals surface area contributed by atoms with Crippen LogP contribution in [0.1, 0.15) is 28.0 Å². The molecule has 0 spiro atoms. The highest BCUT2D eigenvalue weighted by molar-refractivity contribution is 7.10. The maximum absolute atomic E-state index is 8.79. The Morgan fingerprint density at radius 3 is 2.62 bits per heavy atom. The largest absolute Gasteiger partial charge is 0.449 e. The molecule has 1 aromatic carbocycles. The van der Waals surface area contributed by atoms with Gasteiger partial charge in [0, 0.05) is 4.88 Å². The van der Waals surface area contributed by atoms with Gasteiger partial charge in [-0.15, -0.1) is 11.3 Å². The fourth-order valence-electron chi connectivity index (χ4n) is 2.22. The van der Waals surface area contributed by atoms with Gasteiger partial charge in [0.1, 0.15) is 11.8 Å². The number of thiophene rings is 1. The molecule has 21 heavy (non-hydrogen) atoms. The van der Waals surface area contributed by atoms with Crippen molar-refractivity contribution < 1.29 is 4.42 Å². The molecule has 0 fully saturated rings. The predicted molar refractivity (Wildman–Crippen MR) is 82.9 cm³/mol. The second-order valence-corrected chi connectivity index (χ2v) is 5.60. The zero-order valence-electron chi connectivity index (χ0n) is 11.3. The lowest BCUT2D eigenvalue weighted by atomic mass is 10.1. The van der Waals surface area contributed by atoms with Gasteiger partial charge in [-0.05, 0) is 29.1 Å². The molecule has 0 radical (unpaired) electrons. The van der Waals surface area contributed by atoms with Gasteiger partial charge in [0.2, 0.25) is 5.76 Å². The van der Waals surface area contributed by atoms with Crippen LogP contribution in [-0.2, 0) is 6.54 Å². The van der Waals surface area contributed by atoms with Gasteiger partial charge in [-0.1, -0.05) is 36.4 Å². The van der Waals surface area contributed by atoms with Gasteiger partial charge < -0.3 is 4.42 Å². The fraction of sp³-hybridized carbons (Fsp3) is 0.118. The highest BCUT2D eigenvalue weighted by Crippen LogP contribution is 2.26. The molecule has 0 amide bonds. The molecule has 0 saturated heterocycles. The molecule has 0 saturated carbocycles. The predicted octanol–water partition coefficient (Wildman–Crippen LogP) is 4.09. The molecule has 1 atom stereocenters. The van der Waals surface area contributed by atoms with Crippen molar-refractivity contribution in [2.24, 2.45) is 0 Å². The van der Waals surface area contributed by atoms with E-state index in [1.807, 2.05) is 30.3 Å². The van der Waals surface area contributed by atoms with E-state index in [2.05, 4.69) is 35.0 Å². The van der Waals surface area contributed by atoms with Crippen LogP contribution in [0.2, 0.25) is 0 Å². The number of furan rings is 1. The summed E-state index contributed by atoms with van der Waals surface area (Å²) >= 11 is 1.73. The van der Waals surface area contributed by atoms with Crippen molar-refractivity contribution in [3.63, 3.8) is 0 Å². The quantitative estimate of drug-likeness (QED) is 0.771. The number of hydrogen-bond acceptors (Lipinski definition) is 4. The Hall–Kier alpha value is -2.35. The van der Waals surface area contributed by atoms with Crippen LogP contribution in [0.4, 0.5) is 0 Å². The summed E-state index contributed by atoms with van der Waals surface area (Å²) < 4.78 is 5.42. The van der Waals surface area contributed by atoms with Crippen molar-refractivity contribution in [2.45, 2.75) is 12.6 Å². The van der Waals surface area contributed by atoms with Crippen molar-refractivity contribution >= 4 is 11.3 Å². The summed E-state index contributed by atoms with van der Waals surface area (Å²) in [6.45, 7) is 0.582. The van der Waals surface area contributed by atoms with E-state index in [0.29, 0.717) is 12.3 Å². The van der Waals surface area contributed by atoms with Gasteiger partial charge >= 0.3 is 0 Å². The van der Waals surface area contributed by atoms with Crippen molar-refractivity contribution in [1.29, 1.82) is 5.26 Å². The van der Waals surface area contributed by atoms with Crippen molar-refractivity contribution in [3.8, 4) is 6.07 Å². The zero-order chi connectivity index (χ0) is 14.5. The Kier molecular flexibility index (Phi) is 4.15. The minimum Gasteiger partial charge on any atom is -0.449 e. The molecule has 2 heterocycles. The molecule has 104 valence electrons. The summed E-state index contributed by atoms with van der Waals surface area (Å²) in [4.78, 5) is 1.26. The molecule has 2 aromatic heterocycles. The van der Waals surface area contributed by atoms with Crippen LogP contribution in [-0.4, -0.2) is 0 Å². The lowest BCUT2D eigenvalue weighted by molar-refractivity contribution is 0.462. The summed E-state index contributed by atoms with van der Waals surface area (Å²) in [6.07, 6.45) is 0. The molecule has 3 rings (SSSR count). The van der Waals surface area contributed by atoms with Crippen LogP contribution in [0.15, 0.2) is 64.4 Å². The van der Waals surface area contributed by atoms with Gasteiger partial charge in [0.15, 0.2) is 0 Å². The molecule has 0 aliphatic rings. The van der Waals surface area contributed by atoms with Crippen molar-refractivity contribution in [3.05, 3.63) is 81.9 Å². The minimum absolute atomic E-state index is 0.127. The Bertz CT molecular complexity index is 726. The molecular formula is C17H14N2OS. The topological polar surface area (TPSA) is 49.0 Å². The Morgan fingerprint density at radius 2 is 1.95 bits per heavy atom. The normalized spacial score (nSPS) is 12.0. The monoisotopic (exact) mass is 294 g/mol. The SMILES string of the molecule is N#Cc1ccc(CNC(c2ccccc2)c2cccs2)o1. The maximum Gasteiger partial charge on any atom is 0.203 e. The number of nitrogens with zero attached hydrogens (tertiary/aromatic N) is 1. The van der Waals surface area contributed by atoms with E-state index in [-0.39, 0.29) is 6.04 Å². The Morgan fingerprint density at radius 1 is 1.10 bits per heavy atom. The third-order valence-corrected chi connectivity index (χ3v) is 4.15. The van der Waals surface area contributed by atoms with Gasteiger partial charge in [-0.25, -0.2) is 0 Å². The smallest absolute Gasteiger partial charge is 0.203 e. The summed E-state index contributed by atoms with van der Waals surface area (Å²) in [7, 11) is 0. The first-order valence-electron chi connectivity index (χ1n) is 6.67. The van der Waals surface area contributed by atoms with Crippen LogP contribution < -0.4 is 5.32 Å². The maximum atomic E-state index is 8.79. The first-order chi connectivity index (χ1) is 10.4. The summed E-state index contributed by atoms with van der Waals surface area (Å²) in [5, 5.41) is 14.4.